The van der Waals surface area contributed by atoms with Crippen LogP contribution in [0.15, 0.2) is 42.6 Å². The molecule has 0 bridgehead atoms. The standard InChI is InChI=1S/C14H10N4/c1-10-17-14(11-5-3-2-4-6-11)12(9-15)13-7-8-16-18(10)13/h2-8H,1H3. The second-order valence-corrected chi connectivity index (χ2v) is 3.99. The quantitative estimate of drug-likeness (QED) is 0.650. The van der Waals surface area contributed by atoms with Crippen molar-refractivity contribution in [3.05, 3.63) is 54.0 Å². The smallest absolute Gasteiger partial charge is 0.128 e. The molecule has 0 saturated carbocycles. The number of nitrogens with zero attached hydrogens (tertiary/aromatic N) is 4. The molecule has 86 valence electrons. The minimum Gasteiger partial charge on any atom is -0.232 e. The van der Waals surface area contributed by atoms with E-state index in [1.165, 1.54) is 0 Å². The number of hydrogen-bond acceptors (Lipinski definition) is 3. The summed E-state index contributed by atoms with van der Waals surface area (Å²) in [5.74, 6) is 0.771. The predicted molar refractivity (Wildman–Crippen MR) is 67.9 cm³/mol. The molecule has 4 heteroatoms. The largest absolute Gasteiger partial charge is 0.232 e. The van der Waals surface area contributed by atoms with Crippen LogP contribution in [-0.2, 0) is 0 Å². The Morgan fingerprint density at radius 2 is 1.94 bits per heavy atom. The number of aromatic nitrogens is 3. The first-order valence-electron chi connectivity index (χ1n) is 5.61. The lowest BCUT2D eigenvalue weighted by molar-refractivity contribution is 0.864. The number of fused-ring (bicyclic) bond motifs is 1. The number of aryl methyl sites for hydroxylation is 1. The Morgan fingerprint density at radius 1 is 1.17 bits per heavy atom. The van der Waals surface area contributed by atoms with Gasteiger partial charge >= 0.3 is 0 Å². The molecule has 0 unspecified atom stereocenters. The van der Waals surface area contributed by atoms with E-state index in [1.54, 1.807) is 10.7 Å². The zero-order chi connectivity index (χ0) is 12.5. The van der Waals surface area contributed by atoms with Gasteiger partial charge in [0.1, 0.15) is 17.5 Å². The van der Waals surface area contributed by atoms with Crippen LogP contribution in [-0.4, -0.2) is 14.6 Å². The van der Waals surface area contributed by atoms with Crippen LogP contribution >= 0.6 is 0 Å². The molecule has 0 amide bonds. The van der Waals surface area contributed by atoms with Crippen molar-refractivity contribution in [3.8, 4) is 17.3 Å². The third-order valence-corrected chi connectivity index (χ3v) is 2.87. The Hall–Kier alpha value is -2.67. The summed E-state index contributed by atoms with van der Waals surface area (Å²) in [7, 11) is 0. The Labute approximate surface area is 104 Å². The molecule has 0 fully saturated rings. The summed E-state index contributed by atoms with van der Waals surface area (Å²) in [5, 5.41) is 13.5. The minimum atomic E-state index is 0.560. The van der Waals surface area contributed by atoms with E-state index in [9.17, 15) is 5.26 Å². The van der Waals surface area contributed by atoms with Gasteiger partial charge in [0.05, 0.1) is 17.4 Å². The molecule has 0 radical (unpaired) electrons. The van der Waals surface area contributed by atoms with E-state index in [-0.39, 0.29) is 0 Å². The monoisotopic (exact) mass is 234 g/mol. The van der Waals surface area contributed by atoms with Crippen LogP contribution < -0.4 is 0 Å². The molecular weight excluding hydrogens is 224 g/mol. The fourth-order valence-corrected chi connectivity index (χ4v) is 2.05. The van der Waals surface area contributed by atoms with Crippen LogP contribution in [0.4, 0.5) is 0 Å². The van der Waals surface area contributed by atoms with Crippen LogP contribution in [0, 0.1) is 18.3 Å². The second-order valence-electron chi connectivity index (χ2n) is 3.99. The van der Waals surface area contributed by atoms with E-state index in [4.69, 9.17) is 0 Å². The average Bonchev–Trinajstić information content (AvgIpc) is 2.89. The van der Waals surface area contributed by atoms with Crippen molar-refractivity contribution in [1.29, 1.82) is 5.26 Å². The van der Waals surface area contributed by atoms with E-state index >= 15 is 0 Å². The minimum absolute atomic E-state index is 0.560. The van der Waals surface area contributed by atoms with Crippen LogP contribution in [0.2, 0.25) is 0 Å². The van der Waals surface area contributed by atoms with Gasteiger partial charge < -0.3 is 0 Å². The summed E-state index contributed by atoms with van der Waals surface area (Å²) in [6.07, 6.45) is 1.68. The van der Waals surface area contributed by atoms with Crippen molar-refractivity contribution >= 4 is 5.52 Å². The highest BCUT2D eigenvalue weighted by molar-refractivity contribution is 5.76. The predicted octanol–water partition coefficient (Wildman–Crippen LogP) is 2.58. The van der Waals surface area contributed by atoms with E-state index in [1.807, 2.05) is 43.3 Å². The third kappa shape index (κ3) is 1.45. The fraction of sp³-hybridized carbons (Fsp3) is 0.0714. The van der Waals surface area contributed by atoms with Crippen LogP contribution in [0.3, 0.4) is 0 Å². The average molecular weight is 234 g/mol. The van der Waals surface area contributed by atoms with Crippen molar-refractivity contribution < 1.29 is 0 Å². The van der Waals surface area contributed by atoms with Gasteiger partial charge in [-0.1, -0.05) is 30.3 Å². The molecule has 3 aromatic rings. The lowest BCUT2D eigenvalue weighted by Crippen LogP contribution is -2.02. The molecule has 0 N–H and O–H groups in total. The molecular formula is C14H10N4. The van der Waals surface area contributed by atoms with Gasteiger partial charge in [-0.15, -0.1) is 0 Å². The molecule has 4 nitrogen and oxygen atoms in total. The zero-order valence-corrected chi connectivity index (χ0v) is 9.83. The van der Waals surface area contributed by atoms with E-state index in [0.717, 1.165) is 16.9 Å². The first-order chi connectivity index (χ1) is 8.81. The summed E-state index contributed by atoms with van der Waals surface area (Å²) in [6.45, 7) is 1.88. The van der Waals surface area contributed by atoms with E-state index < -0.39 is 0 Å². The molecule has 0 spiro atoms. The maximum Gasteiger partial charge on any atom is 0.128 e. The van der Waals surface area contributed by atoms with Crippen LogP contribution in [0.25, 0.3) is 16.8 Å². The summed E-state index contributed by atoms with van der Waals surface area (Å²) in [5.41, 5.74) is 3.01. The lowest BCUT2D eigenvalue weighted by atomic mass is 10.1. The normalized spacial score (nSPS) is 10.4. The van der Waals surface area contributed by atoms with E-state index in [0.29, 0.717) is 11.3 Å². The molecule has 18 heavy (non-hydrogen) atoms. The third-order valence-electron chi connectivity index (χ3n) is 2.87. The van der Waals surface area contributed by atoms with Gasteiger partial charge in [0.25, 0.3) is 0 Å². The maximum atomic E-state index is 9.36. The number of benzene rings is 1. The number of nitriles is 1. The molecule has 1 aromatic carbocycles. The van der Waals surface area contributed by atoms with Crippen LogP contribution in [0.1, 0.15) is 11.4 Å². The molecule has 2 aromatic heterocycles. The zero-order valence-electron chi connectivity index (χ0n) is 9.83. The molecule has 2 heterocycles. The highest BCUT2D eigenvalue weighted by Crippen LogP contribution is 2.24. The highest BCUT2D eigenvalue weighted by atomic mass is 15.2. The number of hydrogen-bond donors (Lipinski definition) is 0. The second kappa shape index (κ2) is 3.97. The lowest BCUT2D eigenvalue weighted by Gasteiger charge is -2.07. The van der Waals surface area contributed by atoms with Gasteiger partial charge in [-0.25, -0.2) is 9.50 Å². The highest BCUT2D eigenvalue weighted by Gasteiger charge is 2.13. The van der Waals surface area contributed by atoms with Crippen molar-refractivity contribution in [2.24, 2.45) is 0 Å². The Morgan fingerprint density at radius 3 is 2.67 bits per heavy atom. The van der Waals surface area contributed by atoms with Crippen molar-refractivity contribution in [2.45, 2.75) is 6.92 Å². The molecule has 0 atom stereocenters. The summed E-state index contributed by atoms with van der Waals surface area (Å²) in [6, 6.07) is 13.8. The van der Waals surface area contributed by atoms with Crippen molar-refractivity contribution in [1.82, 2.24) is 14.6 Å². The van der Waals surface area contributed by atoms with Gasteiger partial charge in [-0.3, -0.25) is 0 Å². The van der Waals surface area contributed by atoms with Crippen molar-refractivity contribution in [3.63, 3.8) is 0 Å². The first kappa shape index (κ1) is 10.5. The SMILES string of the molecule is Cc1nc(-c2ccccc2)c(C#N)c2ccnn12. The molecule has 0 aliphatic carbocycles. The topological polar surface area (TPSA) is 54.0 Å². The van der Waals surface area contributed by atoms with Gasteiger partial charge in [0.15, 0.2) is 0 Å². The molecule has 0 aliphatic rings. The van der Waals surface area contributed by atoms with E-state index in [2.05, 4.69) is 16.2 Å². The molecule has 3 rings (SSSR count). The molecule has 0 aliphatic heterocycles. The fourth-order valence-electron chi connectivity index (χ4n) is 2.05. The maximum absolute atomic E-state index is 9.36. The van der Waals surface area contributed by atoms with Gasteiger partial charge in [0.2, 0.25) is 0 Å². The van der Waals surface area contributed by atoms with Gasteiger partial charge in [-0.05, 0) is 13.0 Å². The Balaban J connectivity index is 2.40. The van der Waals surface area contributed by atoms with Gasteiger partial charge in [0, 0.05) is 5.56 Å². The Kier molecular flexibility index (Phi) is 2.31. The van der Waals surface area contributed by atoms with Crippen LogP contribution in [0.5, 0.6) is 0 Å². The van der Waals surface area contributed by atoms with Crippen molar-refractivity contribution in [2.75, 3.05) is 0 Å². The summed E-state index contributed by atoms with van der Waals surface area (Å²) in [4.78, 5) is 4.49. The number of rotatable bonds is 1. The van der Waals surface area contributed by atoms with Gasteiger partial charge in [-0.2, -0.15) is 10.4 Å². The summed E-state index contributed by atoms with van der Waals surface area (Å²) < 4.78 is 1.69. The summed E-state index contributed by atoms with van der Waals surface area (Å²) >= 11 is 0. The molecule has 0 saturated heterocycles. The first-order valence-corrected chi connectivity index (χ1v) is 5.61. The Bertz CT molecular complexity index is 751.